The molecule has 1 atom stereocenters. The second-order valence-corrected chi connectivity index (χ2v) is 8.15. The Kier molecular flexibility index (Phi) is 5.16. The van der Waals surface area contributed by atoms with Crippen molar-refractivity contribution in [3.8, 4) is 0 Å². The van der Waals surface area contributed by atoms with Crippen LogP contribution in [-0.2, 0) is 4.79 Å². The Hall–Kier alpha value is -1.79. The highest BCUT2D eigenvalue weighted by Gasteiger charge is 2.51. The fourth-order valence-electron chi connectivity index (χ4n) is 4.33. The van der Waals surface area contributed by atoms with E-state index in [0.717, 1.165) is 6.42 Å². The van der Waals surface area contributed by atoms with E-state index in [0.29, 0.717) is 51.3 Å². The van der Waals surface area contributed by atoms with E-state index in [2.05, 4.69) is 6.58 Å². The summed E-state index contributed by atoms with van der Waals surface area (Å²) in [5, 5.41) is 20.2. The molecule has 148 valence electrons. The summed E-state index contributed by atoms with van der Waals surface area (Å²) in [5.74, 6) is -3.18. The Morgan fingerprint density at radius 3 is 2.33 bits per heavy atom. The number of carbonyl (C=O) groups is 1. The molecule has 2 aliphatic rings. The molecule has 1 spiro atoms. The highest BCUT2D eigenvalue weighted by Crippen LogP contribution is 2.49. The molecular formula is C21H27F2NO3. The Morgan fingerprint density at radius 1 is 1.22 bits per heavy atom. The van der Waals surface area contributed by atoms with Crippen molar-refractivity contribution < 1.29 is 23.8 Å². The van der Waals surface area contributed by atoms with Crippen molar-refractivity contribution in [1.82, 2.24) is 0 Å². The van der Waals surface area contributed by atoms with E-state index < -0.39 is 23.0 Å². The minimum absolute atomic E-state index is 0.0391. The van der Waals surface area contributed by atoms with Gasteiger partial charge in [-0.3, -0.25) is 4.79 Å². The van der Waals surface area contributed by atoms with Gasteiger partial charge in [-0.1, -0.05) is 18.2 Å². The number of carbonyl (C=O) groups excluding carboxylic acids is 1. The molecule has 1 saturated carbocycles. The maximum atomic E-state index is 13.3. The number of aliphatic hydroxyl groups excluding tert-OH is 1. The molecule has 6 heteroatoms. The first-order valence-electron chi connectivity index (χ1n) is 9.41. The SMILES string of the molecule is C=CCC1(O)CCC2(CCN(c3ccc(C(O)C(C)(F)F)cc3)C2=O)CC1. The van der Waals surface area contributed by atoms with Gasteiger partial charge in [-0.15, -0.1) is 6.58 Å². The third kappa shape index (κ3) is 3.78. The molecular weight excluding hydrogens is 352 g/mol. The van der Waals surface area contributed by atoms with Gasteiger partial charge in [0.1, 0.15) is 6.10 Å². The molecule has 4 nitrogen and oxygen atoms in total. The van der Waals surface area contributed by atoms with E-state index in [4.69, 9.17) is 0 Å². The maximum Gasteiger partial charge on any atom is 0.274 e. The lowest BCUT2D eigenvalue weighted by molar-refractivity contribution is -0.130. The van der Waals surface area contributed by atoms with Crippen LogP contribution in [0, 0.1) is 5.41 Å². The highest BCUT2D eigenvalue weighted by molar-refractivity contribution is 6.00. The average Bonchev–Trinajstić information content (AvgIpc) is 2.94. The lowest BCUT2D eigenvalue weighted by Crippen LogP contribution is -2.43. The Morgan fingerprint density at radius 2 is 1.81 bits per heavy atom. The first kappa shape index (κ1) is 20.0. The zero-order chi connectivity index (χ0) is 19.9. The molecule has 0 radical (unpaired) electrons. The fraction of sp³-hybridized carbons (Fsp3) is 0.571. The van der Waals surface area contributed by atoms with Crippen LogP contribution in [0.4, 0.5) is 14.5 Å². The van der Waals surface area contributed by atoms with Crippen molar-refractivity contribution in [3.05, 3.63) is 42.5 Å². The van der Waals surface area contributed by atoms with Crippen molar-refractivity contribution in [2.75, 3.05) is 11.4 Å². The molecule has 1 heterocycles. The third-order valence-corrected chi connectivity index (χ3v) is 6.18. The molecule has 3 rings (SSSR count). The number of alkyl halides is 2. The molecule has 1 unspecified atom stereocenters. The molecule has 2 N–H and O–H groups in total. The quantitative estimate of drug-likeness (QED) is 0.761. The number of benzene rings is 1. The van der Waals surface area contributed by atoms with Gasteiger partial charge in [0.15, 0.2) is 0 Å². The fourth-order valence-corrected chi connectivity index (χ4v) is 4.33. The van der Waals surface area contributed by atoms with Crippen molar-refractivity contribution in [1.29, 1.82) is 0 Å². The molecule has 1 aromatic carbocycles. The number of anilines is 1. The van der Waals surface area contributed by atoms with Gasteiger partial charge in [0, 0.05) is 19.2 Å². The number of halogens is 2. The van der Waals surface area contributed by atoms with Crippen LogP contribution in [-0.4, -0.2) is 34.2 Å². The van der Waals surface area contributed by atoms with Gasteiger partial charge >= 0.3 is 0 Å². The standard InChI is InChI=1S/C21H27F2NO3/c1-3-8-21(27)11-9-20(10-12-21)13-14-24(18(20)26)16-6-4-15(5-7-16)17(25)19(2,22)23/h3-7,17,25,27H,1,8-14H2,2H3. The lowest BCUT2D eigenvalue weighted by atomic mass is 9.67. The van der Waals surface area contributed by atoms with Gasteiger partial charge in [-0.25, -0.2) is 8.78 Å². The summed E-state index contributed by atoms with van der Waals surface area (Å²) in [6.45, 7) is 4.94. The number of hydrogen-bond acceptors (Lipinski definition) is 3. The second kappa shape index (κ2) is 6.99. The van der Waals surface area contributed by atoms with Crippen LogP contribution < -0.4 is 4.90 Å². The van der Waals surface area contributed by atoms with Gasteiger partial charge in [-0.05, 0) is 56.2 Å². The van der Waals surface area contributed by atoms with Crippen LogP contribution in [0.25, 0.3) is 0 Å². The molecule has 2 fully saturated rings. The number of hydrogen-bond donors (Lipinski definition) is 2. The average molecular weight is 379 g/mol. The van der Waals surface area contributed by atoms with Crippen LogP contribution >= 0.6 is 0 Å². The van der Waals surface area contributed by atoms with Crippen molar-refractivity contribution in [2.24, 2.45) is 5.41 Å². The Balaban J connectivity index is 1.71. The molecule has 1 aliphatic carbocycles. The number of aliphatic hydroxyl groups is 2. The summed E-state index contributed by atoms with van der Waals surface area (Å²) < 4.78 is 26.6. The van der Waals surface area contributed by atoms with Crippen molar-refractivity contribution in [2.45, 2.75) is 63.1 Å². The minimum atomic E-state index is -3.22. The number of nitrogens with zero attached hydrogens (tertiary/aromatic N) is 1. The topological polar surface area (TPSA) is 60.8 Å². The monoisotopic (exact) mass is 379 g/mol. The summed E-state index contributed by atoms with van der Waals surface area (Å²) in [5.41, 5.74) is -0.426. The van der Waals surface area contributed by atoms with E-state index in [1.807, 2.05) is 0 Å². The zero-order valence-corrected chi connectivity index (χ0v) is 15.6. The second-order valence-electron chi connectivity index (χ2n) is 8.15. The van der Waals surface area contributed by atoms with Crippen LogP contribution in [0.1, 0.15) is 57.1 Å². The summed E-state index contributed by atoms with van der Waals surface area (Å²) in [7, 11) is 0. The normalized spacial score (nSPS) is 30.0. The van der Waals surface area contributed by atoms with E-state index in [9.17, 15) is 23.8 Å². The maximum absolute atomic E-state index is 13.3. The first-order valence-corrected chi connectivity index (χ1v) is 9.41. The molecule has 1 amide bonds. The first-order chi connectivity index (χ1) is 12.6. The molecule has 27 heavy (non-hydrogen) atoms. The summed E-state index contributed by atoms with van der Waals surface area (Å²) in [6.07, 6.45) is 3.56. The van der Waals surface area contributed by atoms with E-state index in [1.54, 1.807) is 23.1 Å². The summed E-state index contributed by atoms with van der Waals surface area (Å²) in [6, 6.07) is 6.11. The largest absolute Gasteiger partial charge is 0.390 e. The zero-order valence-electron chi connectivity index (χ0n) is 15.6. The molecule has 1 saturated heterocycles. The number of amides is 1. The third-order valence-electron chi connectivity index (χ3n) is 6.18. The predicted molar refractivity (Wildman–Crippen MR) is 99.7 cm³/mol. The number of rotatable bonds is 5. The Labute approximate surface area is 158 Å². The summed E-state index contributed by atoms with van der Waals surface area (Å²) in [4.78, 5) is 14.8. The van der Waals surface area contributed by atoms with Gasteiger partial charge in [0.25, 0.3) is 5.92 Å². The van der Waals surface area contributed by atoms with E-state index in [-0.39, 0.29) is 11.5 Å². The predicted octanol–water partition coefficient (Wildman–Crippen LogP) is 3.98. The van der Waals surface area contributed by atoms with Crippen molar-refractivity contribution in [3.63, 3.8) is 0 Å². The minimum Gasteiger partial charge on any atom is -0.390 e. The summed E-state index contributed by atoms with van der Waals surface area (Å²) >= 11 is 0. The van der Waals surface area contributed by atoms with Gasteiger partial charge in [0.2, 0.25) is 5.91 Å². The molecule has 0 aromatic heterocycles. The van der Waals surface area contributed by atoms with Gasteiger partial charge < -0.3 is 15.1 Å². The van der Waals surface area contributed by atoms with Crippen molar-refractivity contribution >= 4 is 11.6 Å². The van der Waals surface area contributed by atoms with Crippen LogP contribution in [0.15, 0.2) is 36.9 Å². The van der Waals surface area contributed by atoms with Crippen LogP contribution in [0.2, 0.25) is 0 Å². The smallest absolute Gasteiger partial charge is 0.274 e. The lowest BCUT2D eigenvalue weighted by Gasteiger charge is -2.40. The van der Waals surface area contributed by atoms with Gasteiger partial charge in [-0.2, -0.15) is 0 Å². The molecule has 1 aromatic rings. The van der Waals surface area contributed by atoms with Crippen LogP contribution in [0.3, 0.4) is 0 Å². The Bertz CT molecular complexity index is 703. The van der Waals surface area contributed by atoms with Gasteiger partial charge in [0.05, 0.1) is 11.0 Å². The molecule has 1 aliphatic heterocycles. The van der Waals surface area contributed by atoms with Crippen LogP contribution in [0.5, 0.6) is 0 Å². The highest BCUT2D eigenvalue weighted by atomic mass is 19.3. The van der Waals surface area contributed by atoms with E-state index >= 15 is 0 Å². The van der Waals surface area contributed by atoms with E-state index in [1.165, 1.54) is 12.1 Å². The molecule has 0 bridgehead atoms.